The number of halogens is 3. The molecule has 1 aromatic carbocycles. The Morgan fingerprint density at radius 2 is 2.05 bits per heavy atom. The SMILES string of the molecule is CC1CCC(CBr)(NC(=O)c2cc(F)ccc2F)CC1. The number of hydrogen-bond donors (Lipinski definition) is 1. The smallest absolute Gasteiger partial charge is 0.254 e. The molecule has 0 aliphatic heterocycles. The summed E-state index contributed by atoms with van der Waals surface area (Å²) in [7, 11) is 0. The number of carbonyl (C=O) groups is 1. The van der Waals surface area contributed by atoms with E-state index in [1.165, 1.54) is 0 Å². The number of carbonyl (C=O) groups excluding carboxylic acids is 1. The molecule has 1 amide bonds. The number of hydrogen-bond acceptors (Lipinski definition) is 1. The normalized spacial score (nSPS) is 26.3. The van der Waals surface area contributed by atoms with Crippen molar-refractivity contribution in [1.29, 1.82) is 0 Å². The molecule has 5 heteroatoms. The molecule has 110 valence electrons. The van der Waals surface area contributed by atoms with E-state index in [9.17, 15) is 13.6 Å². The topological polar surface area (TPSA) is 29.1 Å². The maximum Gasteiger partial charge on any atom is 0.254 e. The van der Waals surface area contributed by atoms with Gasteiger partial charge in [-0.25, -0.2) is 8.78 Å². The van der Waals surface area contributed by atoms with Gasteiger partial charge in [0, 0.05) is 5.33 Å². The zero-order chi connectivity index (χ0) is 14.8. The third-order valence-electron chi connectivity index (χ3n) is 4.04. The lowest BCUT2D eigenvalue weighted by Crippen LogP contribution is -2.52. The fourth-order valence-electron chi connectivity index (χ4n) is 2.59. The van der Waals surface area contributed by atoms with E-state index in [1.54, 1.807) is 0 Å². The molecule has 0 saturated heterocycles. The second-order valence-electron chi connectivity index (χ2n) is 5.67. The van der Waals surface area contributed by atoms with E-state index >= 15 is 0 Å². The number of amides is 1. The third-order valence-corrected chi connectivity index (χ3v) is 5.11. The highest BCUT2D eigenvalue weighted by Gasteiger charge is 2.35. The molecule has 0 heterocycles. The van der Waals surface area contributed by atoms with Crippen molar-refractivity contribution in [3.05, 3.63) is 35.4 Å². The van der Waals surface area contributed by atoms with E-state index < -0.39 is 17.5 Å². The Morgan fingerprint density at radius 1 is 1.40 bits per heavy atom. The van der Waals surface area contributed by atoms with Gasteiger partial charge in [-0.05, 0) is 49.8 Å². The molecular weight excluding hydrogens is 328 g/mol. The Balaban J connectivity index is 2.15. The van der Waals surface area contributed by atoms with Crippen molar-refractivity contribution in [2.45, 2.75) is 38.1 Å². The van der Waals surface area contributed by atoms with Gasteiger partial charge in [-0.2, -0.15) is 0 Å². The molecule has 2 rings (SSSR count). The Labute approximate surface area is 126 Å². The zero-order valence-electron chi connectivity index (χ0n) is 11.4. The van der Waals surface area contributed by atoms with E-state index in [-0.39, 0.29) is 11.1 Å². The van der Waals surface area contributed by atoms with Gasteiger partial charge in [0.1, 0.15) is 11.6 Å². The average molecular weight is 346 g/mol. The first-order chi connectivity index (χ1) is 9.46. The highest BCUT2D eigenvalue weighted by atomic mass is 79.9. The van der Waals surface area contributed by atoms with Crippen LogP contribution in [0.2, 0.25) is 0 Å². The molecule has 2 nitrogen and oxygen atoms in total. The molecule has 0 atom stereocenters. The molecule has 0 aromatic heterocycles. The monoisotopic (exact) mass is 345 g/mol. The third kappa shape index (κ3) is 3.37. The predicted molar refractivity (Wildman–Crippen MR) is 78.0 cm³/mol. The van der Waals surface area contributed by atoms with Crippen LogP contribution in [0.15, 0.2) is 18.2 Å². The van der Waals surface area contributed by atoms with E-state index in [0.29, 0.717) is 11.2 Å². The molecule has 1 fully saturated rings. The number of nitrogens with one attached hydrogen (secondary N) is 1. The second kappa shape index (κ2) is 6.20. The summed E-state index contributed by atoms with van der Waals surface area (Å²) in [6.07, 6.45) is 3.75. The summed E-state index contributed by atoms with van der Waals surface area (Å²) in [5, 5.41) is 3.51. The summed E-state index contributed by atoms with van der Waals surface area (Å²) >= 11 is 3.44. The standard InChI is InChI=1S/C15H18BrF2NO/c1-10-4-6-15(9-16,7-5-10)19-14(20)12-8-11(17)2-3-13(12)18/h2-3,8,10H,4-7,9H2,1H3,(H,19,20). The largest absolute Gasteiger partial charge is 0.346 e. The molecule has 0 radical (unpaired) electrons. The van der Waals surface area contributed by atoms with Crippen LogP contribution in [0, 0.1) is 17.6 Å². The van der Waals surface area contributed by atoms with Crippen LogP contribution >= 0.6 is 15.9 Å². The van der Waals surface area contributed by atoms with Crippen LogP contribution in [-0.4, -0.2) is 16.8 Å². The molecule has 1 aromatic rings. The average Bonchev–Trinajstić information content (AvgIpc) is 2.44. The molecule has 1 N–H and O–H groups in total. The number of benzene rings is 1. The molecule has 0 spiro atoms. The Kier molecular flexibility index (Phi) is 4.78. The van der Waals surface area contributed by atoms with E-state index in [1.807, 2.05) is 0 Å². The minimum absolute atomic E-state index is 0.232. The quantitative estimate of drug-likeness (QED) is 0.823. The van der Waals surface area contributed by atoms with Gasteiger partial charge in [-0.3, -0.25) is 4.79 Å². The summed E-state index contributed by atoms with van der Waals surface area (Å²) in [4.78, 5) is 12.2. The Bertz CT molecular complexity index is 499. The summed E-state index contributed by atoms with van der Waals surface area (Å²) in [5.41, 5.74) is -0.591. The van der Waals surface area contributed by atoms with E-state index in [4.69, 9.17) is 0 Å². The summed E-state index contributed by atoms with van der Waals surface area (Å²) < 4.78 is 26.8. The Hall–Kier alpha value is -0.970. The maximum absolute atomic E-state index is 13.6. The van der Waals surface area contributed by atoms with Crippen molar-refractivity contribution in [3.8, 4) is 0 Å². The van der Waals surface area contributed by atoms with E-state index in [0.717, 1.165) is 43.9 Å². The van der Waals surface area contributed by atoms with Crippen LogP contribution in [0.5, 0.6) is 0 Å². The van der Waals surface area contributed by atoms with Crippen molar-refractivity contribution in [3.63, 3.8) is 0 Å². The number of rotatable bonds is 3. The van der Waals surface area contributed by atoms with Crippen LogP contribution in [0.3, 0.4) is 0 Å². The molecule has 1 aliphatic carbocycles. The molecule has 0 unspecified atom stereocenters. The first-order valence-corrected chi connectivity index (χ1v) is 7.91. The maximum atomic E-state index is 13.6. The fraction of sp³-hybridized carbons (Fsp3) is 0.533. The fourth-order valence-corrected chi connectivity index (χ4v) is 3.29. The zero-order valence-corrected chi connectivity index (χ0v) is 13.0. The van der Waals surface area contributed by atoms with Crippen LogP contribution in [-0.2, 0) is 0 Å². The summed E-state index contributed by atoms with van der Waals surface area (Å²) in [6.45, 7) is 2.19. The van der Waals surface area contributed by atoms with E-state index in [2.05, 4.69) is 28.2 Å². The van der Waals surface area contributed by atoms with Crippen molar-refractivity contribution < 1.29 is 13.6 Å². The van der Waals surface area contributed by atoms with Crippen molar-refractivity contribution in [2.75, 3.05) is 5.33 Å². The van der Waals surface area contributed by atoms with Crippen LogP contribution < -0.4 is 5.32 Å². The van der Waals surface area contributed by atoms with Crippen LogP contribution in [0.25, 0.3) is 0 Å². The molecule has 1 aliphatic rings. The van der Waals surface area contributed by atoms with Gasteiger partial charge in [0.05, 0.1) is 11.1 Å². The van der Waals surface area contributed by atoms with Crippen LogP contribution in [0.4, 0.5) is 8.78 Å². The lowest BCUT2D eigenvalue weighted by Gasteiger charge is -2.39. The molecular formula is C15H18BrF2NO. The molecule has 1 saturated carbocycles. The van der Waals surface area contributed by atoms with Gasteiger partial charge >= 0.3 is 0 Å². The second-order valence-corrected chi connectivity index (χ2v) is 6.24. The number of alkyl halides is 1. The van der Waals surface area contributed by atoms with Gasteiger partial charge in [0.2, 0.25) is 0 Å². The van der Waals surface area contributed by atoms with Gasteiger partial charge in [0.15, 0.2) is 0 Å². The summed E-state index contributed by atoms with van der Waals surface area (Å²) in [6, 6.07) is 2.93. The first-order valence-electron chi connectivity index (χ1n) is 6.79. The minimum atomic E-state index is -0.696. The predicted octanol–water partition coefficient (Wildman–Crippen LogP) is 4.04. The van der Waals surface area contributed by atoms with Gasteiger partial charge in [-0.1, -0.05) is 22.9 Å². The lowest BCUT2D eigenvalue weighted by atomic mass is 9.78. The van der Waals surface area contributed by atoms with Gasteiger partial charge in [-0.15, -0.1) is 0 Å². The van der Waals surface area contributed by atoms with Crippen molar-refractivity contribution in [2.24, 2.45) is 5.92 Å². The van der Waals surface area contributed by atoms with Crippen molar-refractivity contribution >= 4 is 21.8 Å². The lowest BCUT2D eigenvalue weighted by molar-refractivity contribution is 0.0869. The minimum Gasteiger partial charge on any atom is -0.346 e. The molecule has 20 heavy (non-hydrogen) atoms. The highest BCUT2D eigenvalue weighted by molar-refractivity contribution is 9.09. The van der Waals surface area contributed by atoms with Crippen LogP contribution in [0.1, 0.15) is 43.0 Å². The Morgan fingerprint density at radius 3 is 2.65 bits per heavy atom. The highest BCUT2D eigenvalue weighted by Crippen LogP contribution is 2.33. The van der Waals surface area contributed by atoms with Gasteiger partial charge in [0.25, 0.3) is 5.91 Å². The molecule has 0 bridgehead atoms. The van der Waals surface area contributed by atoms with Crippen molar-refractivity contribution in [1.82, 2.24) is 5.32 Å². The first kappa shape index (κ1) is 15.4. The van der Waals surface area contributed by atoms with Gasteiger partial charge < -0.3 is 5.32 Å². The summed E-state index contributed by atoms with van der Waals surface area (Å²) in [5.74, 6) is -1.21.